The molecule has 1 saturated carbocycles. The van der Waals surface area contributed by atoms with E-state index in [1.54, 1.807) is 0 Å². The van der Waals surface area contributed by atoms with Crippen LogP contribution in [0.3, 0.4) is 0 Å². The van der Waals surface area contributed by atoms with Crippen LogP contribution in [0.15, 0.2) is 24.3 Å². The Balaban J connectivity index is 1.97. The van der Waals surface area contributed by atoms with Gasteiger partial charge < -0.3 is 5.32 Å². The van der Waals surface area contributed by atoms with Gasteiger partial charge in [0.15, 0.2) is 0 Å². The number of hydrogen-bond donors (Lipinski definition) is 1. The zero-order chi connectivity index (χ0) is 14.5. The van der Waals surface area contributed by atoms with E-state index in [0.717, 1.165) is 18.5 Å². The maximum Gasteiger partial charge on any atom is 0.0446 e. The lowest BCUT2D eigenvalue weighted by Crippen LogP contribution is -2.36. The van der Waals surface area contributed by atoms with Crippen molar-refractivity contribution in [2.45, 2.75) is 52.1 Å². The standard InChI is InChI=1S/C18H30N2/c1-14(2)11-12-20(17-9-10-17)13-18(19-4)16-7-5-15(3)6-8-16/h5-8,14,17-19H,9-13H2,1-4H3. The molecule has 0 aromatic heterocycles. The van der Waals surface area contributed by atoms with E-state index in [9.17, 15) is 0 Å². The Labute approximate surface area is 124 Å². The molecule has 1 aromatic rings. The number of nitrogens with zero attached hydrogens (tertiary/aromatic N) is 1. The van der Waals surface area contributed by atoms with Crippen LogP contribution in [-0.2, 0) is 0 Å². The zero-order valence-corrected chi connectivity index (χ0v) is 13.5. The molecule has 0 bridgehead atoms. The van der Waals surface area contributed by atoms with Gasteiger partial charge in [-0.15, -0.1) is 0 Å². The van der Waals surface area contributed by atoms with Crippen molar-refractivity contribution < 1.29 is 0 Å². The van der Waals surface area contributed by atoms with Gasteiger partial charge in [-0.05, 0) is 51.3 Å². The minimum atomic E-state index is 0.448. The van der Waals surface area contributed by atoms with Crippen molar-refractivity contribution in [3.8, 4) is 0 Å². The molecule has 2 heteroatoms. The Kier molecular flexibility index (Phi) is 5.62. The molecule has 2 rings (SSSR count). The van der Waals surface area contributed by atoms with E-state index in [1.165, 1.54) is 36.9 Å². The molecule has 0 spiro atoms. The number of nitrogens with one attached hydrogen (secondary N) is 1. The molecule has 0 aliphatic heterocycles. The smallest absolute Gasteiger partial charge is 0.0446 e. The topological polar surface area (TPSA) is 15.3 Å². The molecule has 0 amide bonds. The number of likely N-dealkylation sites (N-methyl/N-ethyl adjacent to an activating group) is 1. The number of benzene rings is 1. The molecular weight excluding hydrogens is 244 g/mol. The molecule has 112 valence electrons. The van der Waals surface area contributed by atoms with Gasteiger partial charge in [0.25, 0.3) is 0 Å². The van der Waals surface area contributed by atoms with Crippen LogP contribution in [-0.4, -0.2) is 31.1 Å². The number of aryl methyl sites for hydroxylation is 1. The summed E-state index contributed by atoms with van der Waals surface area (Å²) in [5.41, 5.74) is 2.75. The highest BCUT2D eigenvalue weighted by Crippen LogP contribution is 2.29. The normalized spacial score (nSPS) is 16.9. The average Bonchev–Trinajstić information content (AvgIpc) is 3.25. The van der Waals surface area contributed by atoms with Crippen molar-refractivity contribution in [1.29, 1.82) is 0 Å². The summed E-state index contributed by atoms with van der Waals surface area (Å²) >= 11 is 0. The minimum absolute atomic E-state index is 0.448. The van der Waals surface area contributed by atoms with Crippen LogP contribution < -0.4 is 5.32 Å². The van der Waals surface area contributed by atoms with E-state index in [-0.39, 0.29) is 0 Å². The maximum absolute atomic E-state index is 3.50. The molecule has 1 fully saturated rings. The largest absolute Gasteiger partial charge is 0.312 e. The fourth-order valence-corrected chi connectivity index (χ4v) is 2.68. The van der Waals surface area contributed by atoms with Gasteiger partial charge in [0.1, 0.15) is 0 Å². The van der Waals surface area contributed by atoms with Crippen molar-refractivity contribution in [2.75, 3.05) is 20.1 Å². The Bertz CT molecular complexity index is 392. The van der Waals surface area contributed by atoms with E-state index in [1.807, 2.05) is 0 Å². The van der Waals surface area contributed by atoms with Crippen LogP contribution in [0.4, 0.5) is 0 Å². The molecular formula is C18H30N2. The Morgan fingerprint density at radius 2 is 1.85 bits per heavy atom. The first-order valence-electron chi connectivity index (χ1n) is 8.08. The lowest BCUT2D eigenvalue weighted by molar-refractivity contribution is 0.224. The van der Waals surface area contributed by atoms with E-state index >= 15 is 0 Å². The minimum Gasteiger partial charge on any atom is -0.312 e. The molecule has 1 aliphatic carbocycles. The Hall–Kier alpha value is -0.860. The van der Waals surface area contributed by atoms with Crippen LogP contribution in [0, 0.1) is 12.8 Å². The summed E-state index contributed by atoms with van der Waals surface area (Å²) in [5, 5.41) is 3.50. The highest BCUT2D eigenvalue weighted by atomic mass is 15.2. The maximum atomic E-state index is 3.50. The zero-order valence-electron chi connectivity index (χ0n) is 13.5. The highest BCUT2D eigenvalue weighted by molar-refractivity contribution is 5.24. The summed E-state index contributed by atoms with van der Waals surface area (Å²) in [7, 11) is 2.08. The average molecular weight is 274 g/mol. The quantitative estimate of drug-likeness (QED) is 0.776. The Morgan fingerprint density at radius 1 is 1.20 bits per heavy atom. The number of rotatable bonds is 8. The third-order valence-corrected chi connectivity index (χ3v) is 4.30. The van der Waals surface area contributed by atoms with E-state index in [4.69, 9.17) is 0 Å². The number of hydrogen-bond acceptors (Lipinski definition) is 2. The van der Waals surface area contributed by atoms with Crippen molar-refractivity contribution in [3.63, 3.8) is 0 Å². The van der Waals surface area contributed by atoms with E-state index < -0.39 is 0 Å². The molecule has 0 heterocycles. The molecule has 1 atom stereocenters. The van der Waals surface area contributed by atoms with Gasteiger partial charge in [-0.3, -0.25) is 4.90 Å². The first kappa shape index (κ1) is 15.5. The second-order valence-corrected chi connectivity index (χ2v) is 6.66. The van der Waals surface area contributed by atoms with Crippen LogP contribution in [0.5, 0.6) is 0 Å². The first-order valence-corrected chi connectivity index (χ1v) is 8.08. The summed E-state index contributed by atoms with van der Waals surface area (Å²) in [6.07, 6.45) is 4.09. The summed E-state index contributed by atoms with van der Waals surface area (Å²) in [4.78, 5) is 2.70. The molecule has 0 radical (unpaired) electrons. The molecule has 0 saturated heterocycles. The molecule has 1 N–H and O–H groups in total. The molecule has 1 aliphatic rings. The van der Waals surface area contributed by atoms with Crippen LogP contribution in [0.25, 0.3) is 0 Å². The van der Waals surface area contributed by atoms with Gasteiger partial charge in [-0.2, -0.15) is 0 Å². The van der Waals surface area contributed by atoms with Crippen molar-refractivity contribution in [2.24, 2.45) is 5.92 Å². The summed E-state index contributed by atoms with van der Waals surface area (Å²) in [5.74, 6) is 0.795. The lowest BCUT2D eigenvalue weighted by Gasteiger charge is -2.28. The predicted octanol–water partition coefficient (Wildman–Crippen LogP) is 3.77. The second kappa shape index (κ2) is 7.24. The van der Waals surface area contributed by atoms with Gasteiger partial charge >= 0.3 is 0 Å². The van der Waals surface area contributed by atoms with Gasteiger partial charge in [0.2, 0.25) is 0 Å². The van der Waals surface area contributed by atoms with E-state index in [2.05, 4.69) is 62.3 Å². The van der Waals surface area contributed by atoms with Gasteiger partial charge in [-0.25, -0.2) is 0 Å². The third kappa shape index (κ3) is 4.60. The van der Waals surface area contributed by atoms with Crippen molar-refractivity contribution >= 4 is 0 Å². The lowest BCUT2D eigenvalue weighted by atomic mass is 10.0. The third-order valence-electron chi connectivity index (χ3n) is 4.30. The van der Waals surface area contributed by atoms with Crippen LogP contribution >= 0.6 is 0 Å². The molecule has 1 aromatic carbocycles. The highest BCUT2D eigenvalue weighted by Gasteiger charge is 2.30. The monoisotopic (exact) mass is 274 g/mol. The first-order chi connectivity index (χ1) is 9.60. The summed E-state index contributed by atoms with van der Waals surface area (Å²) < 4.78 is 0. The SMILES string of the molecule is CNC(CN(CCC(C)C)C1CC1)c1ccc(C)cc1. The summed E-state index contributed by atoms with van der Waals surface area (Å²) in [6.45, 7) is 9.17. The Morgan fingerprint density at radius 3 is 2.35 bits per heavy atom. The van der Waals surface area contributed by atoms with Crippen molar-refractivity contribution in [1.82, 2.24) is 10.2 Å². The van der Waals surface area contributed by atoms with Crippen LogP contribution in [0.1, 0.15) is 50.3 Å². The van der Waals surface area contributed by atoms with Crippen LogP contribution in [0.2, 0.25) is 0 Å². The molecule has 1 unspecified atom stereocenters. The van der Waals surface area contributed by atoms with E-state index in [0.29, 0.717) is 6.04 Å². The van der Waals surface area contributed by atoms with Gasteiger partial charge in [0.05, 0.1) is 0 Å². The second-order valence-electron chi connectivity index (χ2n) is 6.66. The van der Waals surface area contributed by atoms with Crippen molar-refractivity contribution in [3.05, 3.63) is 35.4 Å². The summed E-state index contributed by atoms with van der Waals surface area (Å²) in [6, 6.07) is 10.3. The van der Waals surface area contributed by atoms with Gasteiger partial charge in [0, 0.05) is 18.6 Å². The molecule has 2 nitrogen and oxygen atoms in total. The van der Waals surface area contributed by atoms with Gasteiger partial charge in [-0.1, -0.05) is 43.7 Å². The predicted molar refractivity (Wildman–Crippen MR) is 87.0 cm³/mol. The molecule has 20 heavy (non-hydrogen) atoms. The fourth-order valence-electron chi connectivity index (χ4n) is 2.68. The fraction of sp³-hybridized carbons (Fsp3) is 0.667.